The zero-order chi connectivity index (χ0) is 26.6. The van der Waals surface area contributed by atoms with Crippen molar-refractivity contribution in [3.05, 3.63) is 70.2 Å². The third-order valence-electron chi connectivity index (χ3n) is 7.47. The van der Waals surface area contributed by atoms with Crippen LogP contribution in [0.4, 0.5) is 30.7 Å². The molecule has 0 amide bonds. The number of nitrogens with two attached hydrogens (primary N) is 1. The monoisotopic (exact) mass is 528 g/mol. The summed E-state index contributed by atoms with van der Waals surface area (Å²) < 4.78 is 98.9. The fraction of sp³-hybridized carbons (Fsp3) is 0.462. The molecule has 1 saturated heterocycles. The number of fused-ring (bicyclic) bond motifs is 3. The van der Waals surface area contributed by atoms with Gasteiger partial charge in [0.2, 0.25) is 0 Å². The number of nitrogens with zero attached hydrogens (tertiary/aromatic N) is 2. The molecule has 11 heteroatoms. The van der Waals surface area contributed by atoms with E-state index in [0.717, 1.165) is 17.0 Å². The fourth-order valence-electron chi connectivity index (χ4n) is 5.90. The van der Waals surface area contributed by atoms with Gasteiger partial charge in [-0.1, -0.05) is 0 Å². The van der Waals surface area contributed by atoms with E-state index in [2.05, 4.69) is 4.98 Å². The van der Waals surface area contributed by atoms with Crippen molar-refractivity contribution in [1.29, 1.82) is 0 Å². The van der Waals surface area contributed by atoms with Crippen LogP contribution in [0.15, 0.2) is 30.3 Å². The predicted molar refractivity (Wildman–Crippen MR) is 125 cm³/mol. The van der Waals surface area contributed by atoms with Crippen molar-refractivity contribution in [3.8, 4) is 0 Å². The van der Waals surface area contributed by atoms with Crippen LogP contribution in [0, 0.1) is 17.5 Å². The minimum absolute atomic E-state index is 0.146. The van der Waals surface area contributed by atoms with Crippen molar-refractivity contribution in [3.63, 3.8) is 0 Å². The van der Waals surface area contributed by atoms with Gasteiger partial charge in [-0.15, -0.1) is 0 Å². The van der Waals surface area contributed by atoms with E-state index in [-0.39, 0.29) is 24.1 Å². The molecular weight excluding hydrogens is 501 g/mol. The van der Waals surface area contributed by atoms with Crippen molar-refractivity contribution in [2.75, 3.05) is 26.3 Å². The average Bonchev–Trinajstić information content (AvgIpc) is 3.14. The van der Waals surface area contributed by atoms with Gasteiger partial charge < -0.3 is 10.7 Å². The summed E-state index contributed by atoms with van der Waals surface area (Å²) in [6, 6.07) is 3.08. The normalized spacial score (nSPS) is 24.9. The first-order valence-corrected chi connectivity index (χ1v) is 12.2. The molecule has 3 heterocycles. The molecule has 2 aromatic carbocycles. The molecule has 0 aliphatic carbocycles. The molecule has 2 unspecified atom stereocenters. The first-order chi connectivity index (χ1) is 17.5. The lowest BCUT2D eigenvalue weighted by Gasteiger charge is -2.47. The maximum absolute atomic E-state index is 15.7. The minimum Gasteiger partial charge on any atom is -0.357 e. The molecule has 1 aromatic heterocycles. The van der Waals surface area contributed by atoms with Crippen LogP contribution in [0.25, 0.3) is 10.9 Å². The van der Waals surface area contributed by atoms with Crippen LogP contribution in [0.1, 0.15) is 47.8 Å². The highest BCUT2D eigenvalue weighted by atomic mass is 19.4. The lowest BCUT2D eigenvalue weighted by atomic mass is 9.85. The molecule has 0 spiro atoms. The number of aromatic amines is 1. The number of benzene rings is 2. The Morgan fingerprint density at radius 1 is 1.08 bits per heavy atom. The zero-order valence-electron chi connectivity index (χ0n) is 20.1. The Labute approximate surface area is 209 Å². The molecule has 200 valence electrons. The number of aromatic nitrogens is 1. The number of likely N-dealkylation sites (tertiary alicyclic amines) is 1. The molecule has 4 nitrogen and oxygen atoms in total. The van der Waals surface area contributed by atoms with Gasteiger partial charge in [-0.05, 0) is 61.2 Å². The SMILES string of the molecule is C[C@H]1Cc2c([nH]c3ccc(F)cc23)[C@H](c2c(F)cc(C3C(N)CN3CCCF)cc2F)N1CC(F)(F)F. The van der Waals surface area contributed by atoms with Gasteiger partial charge in [-0.2, -0.15) is 13.2 Å². The molecule has 0 saturated carbocycles. The van der Waals surface area contributed by atoms with Gasteiger partial charge in [-0.3, -0.25) is 14.2 Å². The van der Waals surface area contributed by atoms with Gasteiger partial charge in [-0.25, -0.2) is 13.2 Å². The Morgan fingerprint density at radius 3 is 2.41 bits per heavy atom. The highest BCUT2D eigenvalue weighted by molar-refractivity contribution is 5.85. The molecule has 1 fully saturated rings. The summed E-state index contributed by atoms with van der Waals surface area (Å²) in [5.41, 5.74) is 7.02. The first-order valence-electron chi connectivity index (χ1n) is 12.2. The van der Waals surface area contributed by atoms with Gasteiger partial charge in [0.25, 0.3) is 0 Å². The van der Waals surface area contributed by atoms with Gasteiger partial charge in [0.15, 0.2) is 0 Å². The number of hydrogen-bond donors (Lipinski definition) is 2. The van der Waals surface area contributed by atoms with E-state index in [1.54, 1.807) is 6.92 Å². The molecule has 2 aliphatic rings. The van der Waals surface area contributed by atoms with E-state index in [1.807, 2.05) is 4.90 Å². The highest BCUT2D eigenvalue weighted by Crippen LogP contribution is 2.44. The second kappa shape index (κ2) is 9.59. The molecule has 2 aliphatic heterocycles. The summed E-state index contributed by atoms with van der Waals surface area (Å²) in [6.45, 7) is 0.456. The summed E-state index contributed by atoms with van der Waals surface area (Å²) in [5.74, 6) is -2.52. The Bertz CT molecular complexity index is 1280. The van der Waals surface area contributed by atoms with Crippen molar-refractivity contribution in [2.24, 2.45) is 5.73 Å². The standard InChI is InChI=1S/C26H27F7N4/c1-13-7-17-16-10-15(28)3-4-21(16)35-23(17)25(37(13)12-26(31,32)33)22-18(29)8-14(9-19(22)30)24-20(34)11-36(24)6-2-5-27/h3-4,8-10,13,20,24-25,35H,2,5-7,11-12,34H2,1H3/t13-,20?,24?,25-/m0/s1. The van der Waals surface area contributed by atoms with Crippen LogP contribution in [0.3, 0.4) is 0 Å². The second-order valence-electron chi connectivity index (χ2n) is 9.99. The summed E-state index contributed by atoms with van der Waals surface area (Å²) >= 11 is 0. The van der Waals surface area contributed by atoms with Crippen LogP contribution in [0.2, 0.25) is 0 Å². The number of hydrogen-bond acceptors (Lipinski definition) is 3. The van der Waals surface area contributed by atoms with E-state index < -0.39 is 66.6 Å². The van der Waals surface area contributed by atoms with Crippen LogP contribution < -0.4 is 5.73 Å². The summed E-state index contributed by atoms with van der Waals surface area (Å²) in [6.07, 6.45) is -4.22. The van der Waals surface area contributed by atoms with Gasteiger partial charge in [0, 0.05) is 47.3 Å². The van der Waals surface area contributed by atoms with E-state index in [4.69, 9.17) is 5.73 Å². The van der Waals surface area contributed by atoms with Crippen molar-refractivity contribution in [1.82, 2.24) is 14.8 Å². The molecule has 3 N–H and O–H groups in total. The average molecular weight is 529 g/mol. The second-order valence-corrected chi connectivity index (χ2v) is 9.99. The number of halogens is 7. The highest BCUT2D eigenvalue weighted by Gasteiger charge is 2.44. The van der Waals surface area contributed by atoms with Crippen LogP contribution in [0.5, 0.6) is 0 Å². The maximum Gasteiger partial charge on any atom is 0.401 e. The Morgan fingerprint density at radius 2 is 1.78 bits per heavy atom. The van der Waals surface area contributed by atoms with Crippen molar-refractivity contribution in [2.45, 2.75) is 50.1 Å². The summed E-state index contributed by atoms with van der Waals surface area (Å²) in [7, 11) is 0. The van der Waals surface area contributed by atoms with Gasteiger partial charge in [0.1, 0.15) is 17.5 Å². The maximum atomic E-state index is 15.7. The van der Waals surface area contributed by atoms with Crippen LogP contribution >= 0.6 is 0 Å². The number of alkyl halides is 4. The zero-order valence-corrected chi connectivity index (χ0v) is 20.1. The molecule has 0 radical (unpaired) electrons. The Kier molecular flexibility index (Phi) is 6.74. The lowest BCUT2D eigenvalue weighted by molar-refractivity contribution is -0.155. The first kappa shape index (κ1) is 26.0. The summed E-state index contributed by atoms with van der Waals surface area (Å²) in [5, 5.41) is 0.472. The van der Waals surface area contributed by atoms with Crippen molar-refractivity contribution < 1.29 is 30.7 Å². The molecule has 4 atom stereocenters. The summed E-state index contributed by atoms with van der Waals surface area (Å²) in [4.78, 5) is 5.85. The molecule has 5 rings (SSSR count). The Balaban J connectivity index is 1.62. The third-order valence-corrected chi connectivity index (χ3v) is 7.47. The molecule has 37 heavy (non-hydrogen) atoms. The fourth-order valence-corrected chi connectivity index (χ4v) is 5.90. The van der Waals surface area contributed by atoms with Crippen molar-refractivity contribution >= 4 is 10.9 Å². The number of nitrogens with one attached hydrogen (secondary N) is 1. The van der Waals surface area contributed by atoms with E-state index in [1.165, 1.54) is 18.2 Å². The van der Waals surface area contributed by atoms with E-state index in [0.29, 0.717) is 29.6 Å². The van der Waals surface area contributed by atoms with Crippen LogP contribution in [-0.4, -0.2) is 59.4 Å². The van der Waals surface area contributed by atoms with E-state index in [9.17, 15) is 22.0 Å². The lowest BCUT2D eigenvalue weighted by Crippen LogP contribution is -2.58. The quantitative estimate of drug-likeness (QED) is 0.414. The minimum atomic E-state index is -4.62. The molecular formula is C26H27F7N4. The van der Waals surface area contributed by atoms with Gasteiger partial charge >= 0.3 is 6.18 Å². The number of H-pyrrole nitrogens is 1. The molecule has 3 aromatic rings. The predicted octanol–water partition coefficient (Wildman–Crippen LogP) is 5.53. The third kappa shape index (κ3) is 4.72. The Hall–Kier alpha value is -2.63. The smallest absolute Gasteiger partial charge is 0.357 e. The number of rotatable bonds is 6. The topological polar surface area (TPSA) is 48.3 Å². The van der Waals surface area contributed by atoms with E-state index >= 15 is 8.78 Å². The largest absolute Gasteiger partial charge is 0.401 e. The molecule has 0 bridgehead atoms. The van der Waals surface area contributed by atoms with Crippen LogP contribution in [-0.2, 0) is 6.42 Å². The van der Waals surface area contributed by atoms with Gasteiger partial charge in [0.05, 0.1) is 25.3 Å².